The van der Waals surface area contributed by atoms with Crippen molar-refractivity contribution in [3.63, 3.8) is 0 Å². The van der Waals surface area contributed by atoms with Crippen LogP contribution in [0.5, 0.6) is 0 Å². The van der Waals surface area contributed by atoms with E-state index in [-0.39, 0.29) is 11.3 Å². The summed E-state index contributed by atoms with van der Waals surface area (Å²) in [6.45, 7) is 3.48. The third-order valence-electron chi connectivity index (χ3n) is 2.60. The lowest BCUT2D eigenvalue weighted by Gasteiger charge is -2.02. The minimum absolute atomic E-state index is 0.0999. The molecule has 7 heteroatoms. The molecule has 2 heterocycles. The maximum absolute atomic E-state index is 11.6. The molecule has 0 bridgehead atoms. The highest BCUT2D eigenvalue weighted by atomic mass is 32.2. The molecule has 0 saturated carbocycles. The average Bonchev–Trinajstić information content (AvgIpc) is 2.82. The predicted molar refractivity (Wildman–Crippen MR) is 69.6 cm³/mol. The van der Waals surface area contributed by atoms with E-state index in [1.54, 1.807) is 19.9 Å². The summed E-state index contributed by atoms with van der Waals surface area (Å²) < 4.78 is 5.11. The van der Waals surface area contributed by atoms with Crippen LogP contribution in [-0.4, -0.2) is 21.0 Å². The van der Waals surface area contributed by atoms with E-state index in [4.69, 9.17) is 9.52 Å². The van der Waals surface area contributed by atoms with E-state index in [2.05, 4.69) is 9.97 Å². The molecule has 100 valence electrons. The highest BCUT2D eigenvalue weighted by Gasteiger charge is 2.10. The number of carbonyl (C=O) groups is 1. The molecule has 0 aliphatic carbocycles. The molecular formula is C12H12N2O4S. The Labute approximate surface area is 112 Å². The SMILES string of the molecule is Cc1nc(SCc2ccc(C(=O)O)o2)[nH]c(=O)c1C. The number of carboxylic acid groups (broad SMARTS) is 1. The molecule has 2 aromatic rings. The van der Waals surface area contributed by atoms with Crippen molar-refractivity contribution in [1.29, 1.82) is 0 Å². The molecule has 0 aliphatic rings. The summed E-state index contributed by atoms with van der Waals surface area (Å²) in [6.07, 6.45) is 0. The van der Waals surface area contributed by atoms with Gasteiger partial charge in [-0.2, -0.15) is 0 Å². The molecule has 2 aromatic heterocycles. The molecule has 0 aliphatic heterocycles. The largest absolute Gasteiger partial charge is 0.475 e. The Morgan fingerprint density at radius 3 is 2.79 bits per heavy atom. The van der Waals surface area contributed by atoms with Gasteiger partial charge in [-0.1, -0.05) is 11.8 Å². The second-order valence-electron chi connectivity index (χ2n) is 3.94. The summed E-state index contributed by atoms with van der Waals surface area (Å²) in [5.41, 5.74) is 1.10. The number of carboxylic acids is 1. The van der Waals surface area contributed by atoms with Gasteiger partial charge in [-0.15, -0.1) is 0 Å². The van der Waals surface area contributed by atoms with Crippen LogP contribution in [0.3, 0.4) is 0 Å². The second-order valence-corrected chi connectivity index (χ2v) is 4.91. The fourth-order valence-corrected chi connectivity index (χ4v) is 2.20. The van der Waals surface area contributed by atoms with E-state index in [0.717, 1.165) is 0 Å². The molecule has 19 heavy (non-hydrogen) atoms. The van der Waals surface area contributed by atoms with Crippen LogP contribution in [0.2, 0.25) is 0 Å². The number of thioether (sulfide) groups is 1. The van der Waals surface area contributed by atoms with Crippen LogP contribution in [0.15, 0.2) is 26.5 Å². The number of hydrogen-bond donors (Lipinski definition) is 2. The summed E-state index contributed by atoms with van der Waals surface area (Å²) in [4.78, 5) is 29.1. The molecule has 0 aromatic carbocycles. The lowest BCUT2D eigenvalue weighted by Crippen LogP contribution is -2.13. The maximum atomic E-state index is 11.6. The quantitative estimate of drug-likeness (QED) is 0.656. The van der Waals surface area contributed by atoms with Gasteiger partial charge in [-0.3, -0.25) is 4.79 Å². The van der Waals surface area contributed by atoms with Crippen LogP contribution >= 0.6 is 11.8 Å². The number of rotatable bonds is 4. The van der Waals surface area contributed by atoms with E-state index in [1.165, 1.54) is 17.8 Å². The van der Waals surface area contributed by atoms with Gasteiger partial charge in [0.25, 0.3) is 5.56 Å². The number of aromatic carboxylic acids is 1. The standard InChI is InChI=1S/C12H12N2O4S/c1-6-7(2)13-12(14-10(6)15)19-5-8-3-4-9(18-8)11(16)17/h3-4H,5H2,1-2H3,(H,16,17)(H,13,14,15). The molecular weight excluding hydrogens is 268 g/mol. The van der Waals surface area contributed by atoms with Gasteiger partial charge >= 0.3 is 5.97 Å². The predicted octanol–water partition coefficient (Wildman–Crippen LogP) is 1.97. The van der Waals surface area contributed by atoms with Gasteiger partial charge in [-0.25, -0.2) is 9.78 Å². The molecule has 0 unspecified atom stereocenters. The van der Waals surface area contributed by atoms with Gasteiger partial charge in [0, 0.05) is 11.3 Å². The smallest absolute Gasteiger partial charge is 0.371 e. The molecule has 2 rings (SSSR count). The number of hydrogen-bond acceptors (Lipinski definition) is 5. The van der Waals surface area contributed by atoms with Crippen LogP contribution in [0.1, 0.15) is 27.6 Å². The first-order chi connectivity index (χ1) is 8.97. The Kier molecular flexibility index (Phi) is 3.75. The van der Waals surface area contributed by atoms with Crippen LogP contribution in [0.4, 0.5) is 0 Å². The van der Waals surface area contributed by atoms with E-state index in [9.17, 15) is 9.59 Å². The van der Waals surface area contributed by atoms with Crippen molar-refractivity contribution in [3.05, 3.63) is 45.3 Å². The lowest BCUT2D eigenvalue weighted by atomic mass is 10.3. The summed E-state index contributed by atoms with van der Waals surface area (Å²) in [5.74, 6) is -0.284. The van der Waals surface area contributed by atoms with Gasteiger partial charge < -0.3 is 14.5 Å². The van der Waals surface area contributed by atoms with Crippen molar-refractivity contribution in [2.45, 2.75) is 24.8 Å². The first kappa shape index (κ1) is 13.4. The van der Waals surface area contributed by atoms with Gasteiger partial charge in [0.05, 0.1) is 5.75 Å². The zero-order valence-electron chi connectivity index (χ0n) is 10.4. The van der Waals surface area contributed by atoms with Crippen LogP contribution in [0, 0.1) is 13.8 Å². The summed E-state index contributed by atoms with van der Waals surface area (Å²) in [7, 11) is 0. The van der Waals surface area contributed by atoms with E-state index in [0.29, 0.717) is 27.9 Å². The van der Waals surface area contributed by atoms with Gasteiger partial charge in [0.15, 0.2) is 5.16 Å². The Balaban J connectivity index is 2.10. The zero-order chi connectivity index (χ0) is 14.0. The van der Waals surface area contributed by atoms with Crippen molar-refractivity contribution >= 4 is 17.7 Å². The number of aryl methyl sites for hydroxylation is 1. The van der Waals surface area contributed by atoms with Crippen molar-refractivity contribution in [1.82, 2.24) is 9.97 Å². The maximum Gasteiger partial charge on any atom is 0.371 e. The first-order valence-electron chi connectivity index (χ1n) is 5.49. The Morgan fingerprint density at radius 2 is 2.21 bits per heavy atom. The monoisotopic (exact) mass is 280 g/mol. The topological polar surface area (TPSA) is 96.2 Å². The molecule has 2 N–H and O–H groups in total. The molecule has 0 spiro atoms. The number of nitrogens with one attached hydrogen (secondary N) is 1. The van der Waals surface area contributed by atoms with Gasteiger partial charge in [-0.05, 0) is 26.0 Å². The minimum Gasteiger partial charge on any atom is -0.475 e. The Bertz CT molecular complexity index is 675. The average molecular weight is 280 g/mol. The second kappa shape index (κ2) is 5.31. The van der Waals surface area contributed by atoms with Crippen LogP contribution in [0.25, 0.3) is 0 Å². The minimum atomic E-state index is -1.10. The number of furan rings is 1. The Hall–Kier alpha value is -2.02. The Morgan fingerprint density at radius 1 is 1.47 bits per heavy atom. The third-order valence-corrected chi connectivity index (χ3v) is 3.49. The van der Waals surface area contributed by atoms with E-state index >= 15 is 0 Å². The normalized spacial score (nSPS) is 10.6. The van der Waals surface area contributed by atoms with Crippen molar-refractivity contribution < 1.29 is 14.3 Å². The van der Waals surface area contributed by atoms with E-state index < -0.39 is 5.97 Å². The van der Waals surface area contributed by atoms with Crippen molar-refractivity contribution in [3.8, 4) is 0 Å². The summed E-state index contributed by atoms with van der Waals surface area (Å²) in [6, 6.07) is 2.99. The van der Waals surface area contributed by atoms with Crippen molar-refractivity contribution in [2.24, 2.45) is 0 Å². The summed E-state index contributed by atoms with van der Waals surface area (Å²) in [5, 5.41) is 9.21. The number of H-pyrrole nitrogens is 1. The van der Waals surface area contributed by atoms with Crippen molar-refractivity contribution in [2.75, 3.05) is 0 Å². The highest BCUT2D eigenvalue weighted by Crippen LogP contribution is 2.20. The first-order valence-corrected chi connectivity index (χ1v) is 6.48. The van der Waals surface area contributed by atoms with Gasteiger partial charge in [0.2, 0.25) is 5.76 Å². The molecule has 0 saturated heterocycles. The molecule has 6 nitrogen and oxygen atoms in total. The fourth-order valence-electron chi connectivity index (χ4n) is 1.40. The van der Waals surface area contributed by atoms with E-state index in [1.807, 2.05) is 0 Å². The lowest BCUT2D eigenvalue weighted by molar-refractivity contribution is 0.0661. The summed E-state index contributed by atoms with van der Waals surface area (Å²) >= 11 is 1.28. The molecule has 0 amide bonds. The number of nitrogens with zero attached hydrogens (tertiary/aromatic N) is 1. The van der Waals surface area contributed by atoms with Crippen LogP contribution in [-0.2, 0) is 5.75 Å². The molecule has 0 atom stereocenters. The number of aromatic nitrogens is 2. The fraction of sp³-hybridized carbons (Fsp3) is 0.250. The zero-order valence-corrected chi connectivity index (χ0v) is 11.2. The molecule has 0 fully saturated rings. The molecule has 0 radical (unpaired) electrons. The number of aromatic amines is 1. The van der Waals surface area contributed by atoms with Gasteiger partial charge in [0.1, 0.15) is 5.76 Å². The highest BCUT2D eigenvalue weighted by molar-refractivity contribution is 7.98. The van der Waals surface area contributed by atoms with Crippen LogP contribution < -0.4 is 5.56 Å². The third kappa shape index (κ3) is 3.05.